The summed E-state index contributed by atoms with van der Waals surface area (Å²) < 4.78 is 0. The van der Waals surface area contributed by atoms with E-state index in [1.807, 2.05) is 18.2 Å². The quantitative estimate of drug-likeness (QED) is 0.417. The molecule has 0 N–H and O–H groups in total. The Morgan fingerprint density at radius 3 is 2.05 bits per heavy atom. The van der Waals surface area contributed by atoms with E-state index in [1.54, 1.807) is 0 Å². The van der Waals surface area contributed by atoms with Crippen molar-refractivity contribution in [2.45, 2.75) is 76.9 Å². The molecule has 0 heterocycles. The zero-order valence-electron chi connectivity index (χ0n) is 13.5. The van der Waals surface area contributed by atoms with Gasteiger partial charge in [0.25, 0.3) is 0 Å². The molecule has 0 saturated heterocycles. The minimum absolute atomic E-state index is 0.349. The number of hydrogen-bond donors (Lipinski definition) is 0. The summed E-state index contributed by atoms with van der Waals surface area (Å²) in [7, 11) is 0. The van der Waals surface area contributed by atoms with Gasteiger partial charge in [-0.15, -0.1) is 0 Å². The second-order valence-electron chi connectivity index (χ2n) is 5.72. The Bertz CT molecular complexity index is 361. The van der Waals surface area contributed by atoms with Crippen molar-refractivity contribution in [1.82, 2.24) is 0 Å². The van der Waals surface area contributed by atoms with Gasteiger partial charge in [0.2, 0.25) is 0 Å². The minimum Gasteiger partial charge on any atom is -0.287 e. The molecule has 0 atom stereocenters. The van der Waals surface area contributed by atoms with Gasteiger partial charge >= 0.3 is 0 Å². The summed E-state index contributed by atoms with van der Waals surface area (Å²) >= 11 is 1.47. The molecular weight excluding hydrogens is 276 g/mol. The van der Waals surface area contributed by atoms with Crippen LogP contribution in [0, 0.1) is 0 Å². The van der Waals surface area contributed by atoms with Crippen molar-refractivity contribution in [3.63, 3.8) is 0 Å². The van der Waals surface area contributed by atoms with Crippen molar-refractivity contribution in [3.8, 4) is 0 Å². The van der Waals surface area contributed by atoms with E-state index in [1.165, 1.54) is 68.7 Å². The third-order valence-corrected chi connectivity index (χ3v) is 4.73. The van der Waals surface area contributed by atoms with Crippen molar-refractivity contribution in [2.75, 3.05) is 0 Å². The lowest BCUT2D eigenvalue weighted by Crippen LogP contribution is -1.93. The molecule has 2 heteroatoms. The van der Waals surface area contributed by atoms with Crippen molar-refractivity contribution < 1.29 is 4.79 Å². The molecule has 0 aromatic heterocycles. The third-order valence-electron chi connectivity index (χ3n) is 3.73. The zero-order chi connectivity index (χ0) is 15.2. The van der Waals surface area contributed by atoms with Crippen molar-refractivity contribution in [3.05, 3.63) is 35.9 Å². The number of thioether (sulfide) groups is 1. The summed E-state index contributed by atoms with van der Waals surface area (Å²) in [6, 6.07) is 10.2. The first-order valence-electron chi connectivity index (χ1n) is 8.52. The highest BCUT2D eigenvalue weighted by molar-refractivity contribution is 8.12. The molecule has 0 saturated carbocycles. The minimum atomic E-state index is 0.349. The lowest BCUT2D eigenvalue weighted by atomic mass is 10.1. The molecule has 1 nitrogen and oxygen atoms in total. The average Bonchev–Trinajstić information content (AvgIpc) is 2.52. The molecular formula is C19H30OS. The van der Waals surface area contributed by atoms with Crippen LogP contribution in [-0.2, 0) is 10.5 Å². The molecule has 0 unspecified atom stereocenters. The molecule has 0 bridgehead atoms. The van der Waals surface area contributed by atoms with Crippen LogP contribution in [0.25, 0.3) is 0 Å². The van der Waals surface area contributed by atoms with Gasteiger partial charge in [-0.25, -0.2) is 0 Å². The van der Waals surface area contributed by atoms with E-state index < -0.39 is 0 Å². The van der Waals surface area contributed by atoms with Crippen molar-refractivity contribution in [2.24, 2.45) is 0 Å². The van der Waals surface area contributed by atoms with Gasteiger partial charge in [-0.05, 0) is 12.0 Å². The number of benzene rings is 1. The molecule has 0 aliphatic carbocycles. The van der Waals surface area contributed by atoms with Crippen LogP contribution in [0.3, 0.4) is 0 Å². The van der Waals surface area contributed by atoms with Crippen LogP contribution >= 0.6 is 11.8 Å². The fourth-order valence-corrected chi connectivity index (χ4v) is 3.20. The van der Waals surface area contributed by atoms with E-state index in [0.29, 0.717) is 5.12 Å². The summed E-state index contributed by atoms with van der Waals surface area (Å²) in [6.45, 7) is 2.26. The molecule has 0 aliphatic heterocycles. The zero-order valence-corrected chi connectivity index (χ0v) is 14.3. The largest absolute Gasteiger partial charge is 0.287 e. The Balaban J connectivity index is 1.89. The van der Waals surface area contributed by atoms with Gasteiger partial charge in [0.1, 0.15) is 0 Å². The first kappa shape index (κ1) is 18.3. The summed E-state index contributed by atoms with van der Waals surface area (Å²) in [6.07, 6.45) is 12.5. The fourth-order valence-electron chi connectivity index (χ4n) is 2.39. The van der Waals surface area contributed by atoms with Gasteiger partial charge in [0.15, 0.2) is 5.12 Å². The smallest absolute Gasteiger partial charge is 0.189 e. The normalized spacial score (nSPS) is 10.7. The second kappa shape index (κ2) is 12.9. The summed E-state index contributed by atoms with van der Waals surface area (Å²) in [5.74, 6) is 0.817. The number of rotatable bonds is 12. The Morgan fingerprint density at radius 2 is 1.43 bits per heavy atom. The van der Waals surface area contributed by atoms with Crippen molar-refractivity contribution in [1.29, 1.82) is 0 Å². The van der Waals surface area contributed by atoms with E-state index >= 15 is 0 Å². The Morgan fingerprint density at radius 1 is 0.857 bits per heavy atom. The Kier molecular flexibility index (Phi) is 11.3. The number of hydrogen-bond acceptors (Lipinski definition) is 2. The maximum Gasteiger partial charge on any atom is 0.189 e. The van der Waals surface area contributed by atoms with Crippen LogP contribution in [-0.4, -0.2) is 5.12 Å². The van der Waals surface area contributed by atoms with Gasteiger partial charge in [-0.1, -0.05) is 100 Å². The van der Waals surface area contributed by atoms with Gasteiger partial charge in [-0.3, -0.25) is 4.79 Å². The van der Waals surface area contributed by atoms with Crippen LogP contribution < -0.4 is 0 Å². The maximum atomic E-state index is 11.8. The van der Waals surface area contributed by atoms with E-state index in [9.17, 15) is 4.79 Å². The molecule has 0 amide bonds. The molecule has 0 aliphatic rings. The van der Waals surface area contributed by atoms with Crippen LogP contribution in [0.5, 0.6) is 0 Å². The fraction of sp³-hybridized carbons (Fsp3) is 0.632. The van der Waals surface area contributed by atoms with Gasteiger partial charge in [0, 0.05) is 12.2 Å². The van der Waals surface area contributed by atoms with Crippen LogP contribution in [0.2, 0.25) is 0 Å². The summed E-state index contributed by atoms with van der Waals surface area (Å²) in [5.41, 5.74) is 1.24. The summed E-state index contributed by atoms with van der Waals surface area (Å²) in [5, 5.41) is 0.349. The lowest BCUT2D eigenvalue weighted by Gasteiger charge is -2.03. The van der Waals surface area contributed by atoms with Crippen LogP contribution in [0.1, 0.15) is 76.7 Å². The van der Waals surface area contributed by atoms with E-state index in [4.69, 9.17) is 0 Å². The second-order valence-corrected chi connectivity index (χ2v) is 6.76. The lowest BCUT2D eigenvalue weighted by molar-refractivity contribution is -0.111. The van der Waals surface area contributed by atoms with Gasteiger partial charge < -0.3 is 0 Å². The highest BCUT2D eigenvalue weighted by atomic mass is 32.2. The average molecular weight is 307 g/mol. The number of carbonyl (C=O) groups excluding carboxylic acids is 1. The topological polar surface area (TPSA) is 17.1 Å². The molecule has 1 aromatic carbocycles. The third kappa shape index (κ3) is 10.6. The van der Waals surface area contributed by atoms with Gasteiger partial charge in [-0.2, -0.15) is 0 Å². The van der Waals surface area contributed by atoms with Crippen LogP contribution in [0.15, 0.2) is 30.3 Å². The van der Waals surface area contributed by atoms with Crippen LogP contribution in [0.4, 0.5) is 0 Å². The number of carbonyl (C=O) groups is 1. The maximum absolute atomic E-state index is 11.8. The predicted octanol–water partition coefficient (Wildman–Crippen LogP) is 6.37. The highest BCUT2D eigenvalue weighted by Gasteiger charge is 2.03. The van der Waals surface area contributed by atoms with E-state index in [2.05, 4.69) is 19.1 Å². The molecule has 0 spiro atoms. The molecule has 118 valence electrons. The van der Waals surface area contributed by atoms with E-state index in [-0.39, 0.29) is 0 Å². The molecule has 1 rings (SSSR count). The molecule has 0 fully saturated rings. The van der Waals surface area contributed by atoms with Crippen molar-refractivity contribution >= 4 is 16.9 Å². The molecule has 1 aromatic rings. The first-order chi connectivity index (χ1) is 10.3. The Hall–Kier alpha value is -0.760. The number of unbranched alkanes of at least 4 members (excludes halogenated alkanes) is 8. The summed E-state index contributed by atoms with van der Waals surface area (Å²) in [4.78, 5) is 11.8. The SMILES string of the molecule is CCCCCCCCCCCC(=O)SCc1ccccc1. The molecule has 21 heavy (non-hydrogen) atoms. The standard InChI is InChI=1S/C19H30OS/c1-2-3-4-5-6-7-8-9-13-16-19(20)21-17-18-14-11-10-12-15-18/h10-12,14-15H,2-9,13,16-17H2,1H3. The first-order valence-corrected chi connectivity index (χ1v) is 9.51. The molecule has 0 radical (unpaired) electrons. The highest BCUT2D eigenvalue weighted by Crippen LogP contribution is 2.17. The Labute approximate surface area is 134 Å². The van der Waals surface area contributed by atoms with Gasteiger partial charge in [0.05, 0.1) is 0 Å². The monoisotopic (exact) mass is 306 g/mol. The van der Waals surface area contributed by atoms with E-state index in [0.717, 1.165) is 18.6 Å². The predicted molar refractivity (Wildman–Crippen MR) is 94.6 cm³/mol.